The van der Waals surface area contributed by atoms with Crippen LogP contribution < -0.4 is 4.74 Å². The summed E-state index contributed by atoms with van der Waals surface area (Å²) in [4.78, 5) is 14.1. The molecule has 1 atom stereocenters. The number of para-hydroxylation sites is 1. The summed E-state index contributed by atoms with van der Waals surface area (Å²) in [5, 5.41) is 9.13. The first kappa shape index (κ1) is 17.8. The molecule has 134 valence electrons. The minimum Gasteiger partial charge on any atom is -0.483 e. The summed E-state index contributed by atoms with van der Waals surface area (Å²) in [6, 6.07) is 9.61. The van der Waals surface area contributed by atoms with E-state index < -0.39 is 0 Å². The molecule has 2 aromatic rings. The number of hydrogen-bond donors (Lipinski definition) is 0. The molecular weight excluding hydrogens is 340 g/mol. The van der Waals surface area contributed by atoms with E-state index in [4.69, 9.17) is 9.47 Å². The summed E-state index contributed by atoms with van der Waals surface area (Å²) in [6.45, 7) is 4.47. The highest BCUT2D eigenvalue weighted by Crippen LogP contribution is 2.23. The average molecular weight is 362 g/mol. The molecule has 3 rings (SSSR count). The van der Waals surface area contributed by atoms with Crippen molar-refractivity contribution >= 4 is 17.7 Å². The van der Waals surface area contributed by atoms with Gasteiger partial charge in [0.1, 0.15) is 5.75 Å². The molecule has 0 aliphatic carbocycles. The van der Waals surface area contributed by atoms with E-state index in [9.17, 15) is 4.79 Å². The van der Waals surface area contributed by atoms with Gasteiger partial charge in [-0.2, -0.15) is 0 Å². The molecule has 0 saturated carbocycles. The van der Waals surface area contributed by atoms with Crippen LogP contribution in [0.25, 0.3) is 0 Å². The lowest BCUT2D eigenvalue weighted by atomic mass is 10.3. The molecule has 0 bridgehead atoms. The zero-order valence-corrected chi connectivity index (χ0v) is 15.2. The summed E-state index contributed by atoms with van der Waals surface area (Å²) in [5.41, 5.74) is 0. The van der Waals surface area contributed by atoms with Gasteiger partial charge in [0.15, 0.2) is 17.1 Å². The van der Waals surface area contributed by atoms with Gasteiger partial charge < -0.3 is 18.9 Å². The van der Waals surface area contributed by atoms with Crippen LogP contribution in [-0.2, 0) is 16.6 Å². The SMILES string of the molecule is CC(Oc1ccccc1)c1nnc(SCC(=O)N2CCOCC2)n1C. The number of ether oxygens (including phenoxy) is 2. The molecule has 1 saturated heterocycles. The Morgan fingerprint density at radius 1 is 1.28 bits per heavy atom. The van der Waals surface area contributed by atoms with Gasteiger partial charge >= 0.3 is 0 Å². The van der Waals surface area contributed by atoms with Crippen LogP contribution in [0, 0.1) is 0 Å². The average Bonchev–Trinajstić information content (AvgIpc) is 3.02. The van der Waals surface area contributed by atoms with Crippen LogP contribution in [0.3, 0.4) is 0 Å². The molecule has 1 aromatic carbocycles. The molecule has 0 N–H and O–H groups in total. The minimum atomic E-state index is -0.232. The van der Waals surface area contributed by atoms with Gasteiger partial charge in [0, 0.05) is 20.1 Å². The molecule has 1 aliphatic heterocycles. The third-order valence-electron chi connectivity index (χ3n) is 3.98. The number of aromatic nitrogens is 3. The number of nitrogens with zero attached hydrogens (tertiary/aromatic N) is 4. The Bertz CT molecular complexity index is 701. The lowest BCUT2D eigenvalue weighted by Crippen LogP contribution is -2.41. The van der Waals surface area contributed by atoms with Crippen LogP contribution in [0.2, 0.25) is 0 Å². The van der Waals surface area contributed by atoms with Crippen LogP contribution >= 0.6 is 11.8 Å². The van der Waals surface area contributed by atoms with E-state index in [-0.39, 0.29) is 12.0 Å². The van der Waals surface area contributed by atoms with Gasteiger partial charge in [0.25, 0.3) is 0 Å². The van der Waals surface area contributed by atoms with Crippen molar-refractivity contribution < 1.29 is 14.3 Å². The van der Waals surface area contributed by atoms with Gasteiger partial charge in [-0.3, -0.25) is 4.79 Å². The maximum atomic E-state index is 12.2. The van der Waals surface area contributed by atoms with Gasteiger partial charge in [-0.15, -0.1) is 10.2 Å². The fourth-order valence-corrected chi connectivity index (χ4v) is 3.41. The molecule has 0 spiro atoms. The predicted octanol–water partition coefficient (Wildman–Crippen LogP) is 1.91. The van der Waals surface area contributed by atoms with E-state index in [1.54, 1.807) is 0 Å². The Kier molecular flexibility index (Phi) is 5.93. The summed E-state index contributed by atoms with van der Waals surface area (Å²) in [6.07, 6.45) is -0.232. The third kappa shape index (κ3) is 4.52. The van der Waals surface area contributed by atoms with Crippen LogP contribution in [0.4, 0.5) is 0 Å². The van der Waals surface area contributed by atoms with Crippen molar-refractivity contribution in [3.05, 3.63) is 36.2 Å². The fourth-order valence-electron chi connectivity index (χ4n) is 2.59. The highest BCUT2D eigenvalue weighted by Gasteiger charge is 2.20. The second-order valence-corrected chi connectivity index (χ2v) is 6.70. The lowest BCUT2D eigenvalue weighted by molar-refractivity contribution is -0.132. The molecular formula is C17H22N4O3S. The molecule has 1 unspecified atom stereocenters. The Hall–Kier alpha value is -2.06. The smallest absolute Gasteiger partial charge is 0.233 e. The normalized spacial score (nSPS) is 15.8. The van der Waals surface area contributed by atoms with Crippen molar-refractivity contribution in [1.82, 2.24) is 19.7 Å². The second kappa shape index (κ2) is 8.35. The van der Waals surface area contributed by atoms with Crippen molar-refractivity contribution in [3.8, 4) is 5.75 Å². The van der Waals surface area contributed by atoms with Crippen LogP contribution in [0.1, 0.15) is 18.9 Å². The topological polar surface area (TPSA) is 69.5 Å². The van der Waals surface area contributed by atoms with Crippen molar-refractivity contribution in [1.29, 1.82) is 0 Å². The Morgan fingerprint density at radius 2 is 2.00 bits per heavy atom. The highest BCUT2D eigenvalue weighted by molar-refractivity contribution is 7.99. The Morgan fingerprint density at radius 3 is 2.72 bits per heavy atom. The number of amides is 1. The van der Waals surface area contributed by atoms with Crippen molar-refractivity contribution in [2.45, 2.75) is 18.2 Å². The molecule has 1 aromatic heterocycles. The largest absolute Gasteiger partial charge is 0.483 e. The number of morpholine rings is 1. The number of carbonyl (C=O) groups excluding carboxylic acids is 1. The van der Waals surface area contributed by atoms with Gasteiger partial charge in [-0.1, -0.05) is 30.0 Å². The van der Waals surface area contributed by atoms with Gasteiger partial charge in [0.05, 0.1) is 19.0 Å². The first-order valence-corrected chi connectivity index (χ1v) is 9.23. The van der Waals surface area contributed by atoms with E-state index in [1.165, 1.54) is 11.8 Å². The van der Waals surface area contributed by atoms with Crippen molar-refractivity contribution in [2.75, 3.05) is 32.1 Å². The van der Waals surface area contributed by atoms with Crippen LogP contribution in [-0.4, -0.2) is 57.6 Å². The second-order valence-electron chi connectivity index (χ2n) is 5.75. The van der Waals surface area contributed by atoms with E-state index >= 15 is 0 Å². The van der Waals surface area contributed by atoms with Gasteiger partial charge in [-0.05, 0) is 19.1 Å². The molecule has 1 fully saturated rings. The summed E-state index contributed by atoms with van der Waals surface area (Å²) in [5.74, 6) is 1.96. The number of thioether (sulfide) groups is 1. The zero-order chi connectivity index (χ0) is 17.6. The maximum absolute atomic E-state index is 12.2. The lowest BCUT2D eigenvalue weighted by Gasteiger charge is -2.26. The fraction of sp³-hybridized carbons (Fsp3) is 0.471. The molecule has 7 nitrogen and oxygen atoms in total. The van der Waals surface area contributed by atoms with Crippen LogP contribution in [0.15, 0.2) is 35.5 Å². The maximum Gasteiger partial charge on any atom is 0.233 e. The van der Waals surface area contributed by atoms with Gasteiger partial charge in [-0.25, -0.2) is 0 Å². The van der Waals surface area contributed by atoms with E-state index in [0.717, 1.165) is 11.6 Å². The quantitative estimate of drug-likeness (QED) is 0.731. The number of benzene rings is 1. The third-order valence-corrected chi connectivity index (χ3v) is 4.98. The predicted molar refractivity (Wildman–Crippen MR) is 94.6 cm³/mol. The minimum absolute atomic E-state index is 0.103. The zero-order valence-electron chi connectivity index (χ0n) is 14.4. The molecule has 1 amide bonds. The summed E-state index contributed by atoms with van der Waals surface area (Å²) >= 11 is 1.40. The first-order chi connectivity index (χ1) is 12.1. The summed E-state index contributed by atoms with van der Waals surface area (Å²) in [7, 11) is 1.89. The Balaban J connectivity index is 1.57. The van der Waals surface area contributed by atoms with Gasteiger partial charge in [0.2, 0.25) is 5.91 Å². The standard InChI is InChI=1S/C17H22N4O3S/c1-13(24-14-6-4-3-5-7-14)16-18-19-17(20(16)2)25-12-15(22)21-8-10-23-11-9-21/h3-7,13H,8-12H2,1-2H3. The van der Waals surface area contributed by atoms with E-state index in [2.05, 4.69) is 10.2 Å². The molecule has 1 aliphatic rings. The number of hydrogen-bond acceptors (Lipinski definition) is 6. The first-order valence-electron chi connectivity index (χ1n) is 8.24. The van der Waals surface area contributed by atoms with E-state index in [1.807, 2.05) is 53.8 Å². The molecule has 25 heavy (non-hydrogen) atoms. The number of rotatable bonds is 6. The molecule has 2 heterocycles. The van der Waals surface area contributed by atoms with Crippen molar-refractivity contribution in [3.63, 3.8) is 0 Å². The highest BCUT2D eigenvalue weighted by atomic mass is 32.2. The molecule has 8 heteroatoms. The Labute approximate surface area is 151 Å². The van der Waals surface area contributed by atoms with Crippen molar-refractivity contribution in [2.24, 2.45) is 7.05 Å². The summed E-state index contributed by atoms with van der Waals surface area (Å²) < 4.78 is 13.0. The molecule has 0 radical (unpaired) electrons. The monoisotopic (exact) mass is 362 g/mol. The van der Waals surface area contributed by atoms with Crippen LogP contribution in [0.5, 0.6) is 5.75 Å². The van der Waals surface area contributed by atoms with E-state index in [0.29, 0.717) is 37.2 Å². The number of carbonyl (C=O) groups is 1.